The van der Waals surface area contributed by atoms with Crippen LogP contribution in [0.25, 0.3) is 0 Å². The molecule has 1 N–H and O–H groups in total. The van der Waals surface area contributed by atoms with Crippen LogP contribution in [-0.4, -0.2) is 37.5 Å². The number of ether oxygens (including phenoxy) is 2. The first-order chi connectivity index (χ1) is 8.81. The molecule has 4 unspecified atom stereocenters. The molecule has 1 aliphatic carbocycles. The van der Waals surface area contributed by atoms with Gasteiger partial charge in [0, 0.05) is 13.1 Å². The van der Waals surface area contributed by atoms with Crippen molar-refractivity contribution < 1.29 is 9.47 Å². The summed E-state index contributed by atoms with van der Waals surface area (Å²) in [6.45, 7) is 4.18. The molecule has 0 amide bonds. The van der Waals surface area contributed by atoms with E-state index in [9.17, 15) is 0 Å². The van der Waals surface area contributed by atoms with Gasteiger partial charge in [0.25, 0.3) is 0 Å². The maximum atomic E-state index is 6.29. The zero-order valence-electron chi connectivity index (χ0n) is 11.6. The Morgan fingerprint density at radius 3 is 2.50 bits per heavy atom. The molecule has 2 aliphatic heterocycles. The van der Waals surface area contributed by atoms with Crippen LogP contribution in [0.4, 0.5) is 0 Å². The molecule has 4 atom stereocenters. The van der Waals surface area contributed by atoms with E-state index >= 15 is 0 Å². The lowest BCUT2D eigenvalue weighted by molar-refractivity contribution is -0.115. The van der Waals surface area contributed by atoms with Gasteiger partial charge in [0.2, 0.25) is 0 Å². The van der Waals surface area contributed by atoms with Crippen molar-refractivity contribution in [1.82, 2.24) is 5.32 Å². The summed E-state index contributed by atoms with van der Waals surface area (Å²) in [5.74, 6) is 0.916. The molecule has 3 heteroatoms. The summed E-state index contributed by atoms with van der Waals surface area (Å²) in [4.78, 5) is 0. The van der Waals surface area contributed by atoms with Gasteiger partial charge in [-0.05, 0) is 32.1 Å². The van der Waals surface area contributed by atoms with Crippen molar-refractivity contribution in [2.24, 2.45) is 5.92 Å². The minimum atomic E-state index is 0.287. The molecule has 104 valence electrons. The third-order valence-electron chi connectivity index (χ3n) is 4.84. The average Bonchev–Trinajstić information content (AvgIpc) is 3.01. The SMILES string of the molecule is CC1CCC(C2CNCC(CC3CCCC3)O2)O1. The van der Waals surface area contributed by atoms with E-state index in [0.717, 1.165) is 19.0 Å². The zero-order chi connectivity index (χ0) is 12.4. The molecule has 0 bridgehead atoms. The first kappa shape index (κ1) is 12.9. The van der Waals surface area contributed by atoms with Gasteiger partial charge in [-0.25, -0.2) is 0 Å². The predicted octanol–water partition coefficient (Wildman–Crippen LogP) is 2.49. The van der Waals surface area contributed by atoms with Crippen molar-refractivity contribution in [3.63, 3.8) is 0 Å². The third kappa shape index (κ3) is 3.06. The predicted molar refractivity (Wildman–Crippen MR) is 71.7 cm³/mol. The van der Waals surface area contributed by atoms with Gasteiger partial charge in [0.15, 0.2) is 0 Å². The Bertz CT molecular complexity index is 265. The van der Waals surface area contributed by atoms with E-state index in [-0.39, 0.29) is 6.10 Å². The van der Waals surface area contributed by atoms with Gasteiger partial charge in [-0.1, -0.05) is 25.7 Å². The van der Waals surface area contributed by atoms with E-state index in [1.54, 1.807) is 0 Å². The summed E-state index contributed by atoms with van der Waals surface area (Å²) >= 11 is 0. The van der Waals surface area contributed by atoms with E-state index < -0.39 is 0 Å². The standard InChI is InChI=1S/C15H27NO2/c1-11-6-7-14(17-11)15-10-16-9-13(18-15)8-12-4-2-3-5-12/h11-16H,2-10H2,1H3. The van der Waals surface area contributed by atoms with Crippen LogP contribution in [-0.2, 0) is 9.47 Å². The fourth-order valence-corrected chi connectivity index (χ4v) is 3.81. The molecule has 0 aromatic heterocycles. The molecule has 2 heterocycles. The molecule has 3 rings (SSSR count). The Labute approximate surface area is 111 Å². The molecular formula is C15H27NO2. The maximum Gasteiger partial charge on any atom is 0.0965 e. The van der Waals surface area contributed by atoms with Crippen LogP contribution in [0.15, 0.2) is 0 Å². The highest BCUT2D eigenvalue weighted by Gasteiger charge is 2.34. The Balaban J connectivity index is 1.48. The van der Waals surface area contributed by atoms with Crippen molar-refractivity contribution >= 4 is 0 Å². The van der Waals surface area contributed by atoms with E-state index in [1.807, 2.05) is 0 Å². The fraction of sp³-hybridized carbons (Fsp3) is 1.00. The van der Waals surface area contributed by atoms with Gasteiger partial charge in [0.1, 0.15) is 0 Å². The lowest BCUT2D eigenvalue weighted by Crippen LogP contribution is -2.50. The van der Waals surface area contributed by atoms with Gasteiger partial charge in [-0.3, -0.25) is 0 Å². The van der Waals surface area contributed by atoms with Gasteiger partial charge >= 0.3 is 0 Å². The molecule has 3 fully saturated rings. The van der Waals surface area contributed by atoms with E-state index in [0.29, 0.717) is 18.3 Å². The third-order valence-corrected chi connectivity index (χ3v) is 4.84. The maximum absolute atomic E-state index is 6.29. The van der Waals surface area contributed by atoms with Crippen LogP contribution in [0.2, 0.25) is 0 Å². The van der Waals surface area contributed by atoms with Gasteiger partial charge in [0.05, 0.1) is 24.4 Å². The topological polar surface area (TPSA) is 30.5 Å². The molecule has 0 spiro atoms. The van der Waals surface area contributed by atoms with Gasteiger partial charge < -0.3 is 14.8 Å². The average molecular weight is 253 g/mol. The summed E-state index contributed by atoms with van der Waals surface area (Å²) in [6.07, 6.45) is 10.8. The number of rotatable bonds is 3. The van der Waals surface area contributed by atoms with Crippen molar-refractivity contribution in [3.05, 3.63) is 0 Å². The second kappa shape index (κ2) is 5.89. The fourth-order valence-electron chi connectivity index (χ4n) is 3.81. The Morgan fingerprint density at radius 1 is 0.944 bits per heavy atom. The summed E-state index contributed by atoms with van der Waals surface area (Å²) in [5.41, 5.74) is 0. The summed E-state index contributed by atoms with van der Waals surface area (Å²) < 4.78 is 12.2. The first-order valence-electron chi connectivity index (χ1n) is 7.83. The molecule has 0 aromatic carbocycles. The van der Waals surface area contributed by atoms with Crippen LogP contribution in [0.1, 0.15) is 51.9 Å². The minimum absolute atomic E-state index is 0.287. The minimum Gasteiger partial charge on any atom is -0.373 e. The number of hydrogen-bond donors (Lipinski definition) is 1. The summed E-state index contributed by atoms with van der Waals surface area (Å²) in [5, 5.41) is 3.55. The van der Waals surface area contributed by atoms with E-state index in [1.165, 1.54) is 44.9 Å². The largest absolute Gasteiger partial charge is 0.373 e. The van der Waals surface area contributed by atoms with Crippen molar-refractivity contribution in [1.29, 1.82) is 0 Å². The Morgan fingerprint density at radius 2 is 1.78 bits per heavy atom. The molecule has 2 saturated heterocycles. The molecular weight excluding hydrogens is 226 g/mol. The molecule has 0 aromatic rings. The lowest BCUT2D eigenvalue weighted by Gasteiger charge is -2.35. The molecule has 18 heavy (non-hydrogen) atoms. The van der Waals surface area contributed by atoms with E-state index in [4.69, 9.17) is 9.47 Å². The van der Waals surface area contributed by atoms with Crippen molar-refractivity contribution in [2.45, 2.75) is 76.3 Å². The van der Waals surface area contributed by atoms with Crippen molar-refractivity contribution in [3.8, 4) is 0 Å². The smallest absolute Gasteiger partial charge is 0.0965 e. The quantitative estimate of drug-likeness (QED) is 0.838. The van der Waals surface area contributed by atoms with Crippen molar-refractivity contribution in [2.75, 3.05) is 13.1 Å². The first-order valence-corrected chi connectivity index (χ1v) is 7.83. The Kier molecular flexibility index (Phi) is 4.22. The van der Waals surface area contributed by atoms with Gasteiger partial charge in [-0.2, -0.15) is 0 Å². The van der Waals surface area contributed by atoms with E-state index in [2.05, 4.69) is 12.2 Å². The second-order valence-corrected chi connectivity index (χ2v) is 6.40. The normalized spacial score (nSPS) is 42.5. The van der Waals surface area contributed by atoms with Crippen LogP contribution >= 0.6 is 0 Å². The summed E-state index contributed by atoms with van der Waals surface area (Å²) in [6, 6.07) is 0. The highest BCUT2D eigenvalue weighted by molar-refractivity contribution is 4.85. The zero-order valence-corrected chi connectivity index (χ0v) is 11.6. The number of morpholine rings is 1. The monoisotopic (exact) mass is 253 g/mol. The van der Waals surface area contributed by atoms with Gasteiger partial charge in [-0.15, -0.1) is 0 Å². The number of nitrogens with one attached hydrogen (secondary N) is 1. The van der Waals surface area contributed by atoms with Crippen LogP contribution in [0.5, 0.6) is 0 Å². The molecule has 0 radical (unpaired) electrons. The van der Waals surface area contributed by atoms with Crippen LogP contribution < -0.4 is 5.32 Å². The summed E-state index contributed by atoms with van der Waals surface area (Å²) in [7, 11) is 0. The highest BCUT2D eigenvalue weighted by Crippen LogP contribution is 2.31. The Hall–Kier alpha value is -0.120. The second-order valence-electron chi connectivity index (χ2n) is 6.40. The van der Waals surface area contributed by atoms with Crippen LogP contribution in [0.3, 0.4) is 0 Å². The lowest BCUT2D eigenvalue weighted by atomic mass is 9.98. The van der Waals surface area contributed by atoms with Crippen LogP contribution in [0, 0.1) is 5.92 Å². The highest BCUT2D eigenvalue weighted by atomic mass is 16.6. The molecule has 3 aliphatic rings. The number of hydrogen-bond acceptors (Lipinski definition) is 3. The molecule has 1 saturated carbocycles. The molecule has 3 nitrogen and oxygen atoms in total.